The molecule has 2 aromatic carbocycles. The van der Waals surface area contributed by atoms with Crippen molar-refractivity contribution in [2.24, 2.45) is 0 Å². The molecule has 124 valence electrons. The van der Waals surface area contributed by atoms with Crippen LogP contribution in [0.4, 0.5) is 11.4 Å². The molecule has 4 rings (SSSR count). The summed E-state index contributed by atoms with van der Waals surface area (Å²) in [5.41, 5.74) is 3.39. The fraction of sp³-hybridized carbons (Fsp3) is 0.188. The number of benzene rings is 2. The lowest BCUT2D eigenvalue weighted by molar-refractivity contribution is 0.554. The third-order valence-electron chi connectivity index (χ3n) is 4.17. The SMILES string of the molecule is CN1CCc2ccc(NS(=O)(=O)c3ccc4[nH]c(=O)oc4c3)cc21. The van der Waals surface area contributed by atoms with E-state index in [1.54, 1.807) is 6.07 Å². The van der Waals surface area contributed by atoms with Crippen LogP contribution in [0.3, 0.4) is 0 Å². The van der Waals surface area contributed by atoms with Gasteiger partial charge in [-0.3, -0.25) is 9.71 Å². The van der Waals surface area contributed by atoms with E-state index in [9.17, 15) is 13.2 Å². The van der Waals surface area contributed by atoms with E-state index in [1.807, 2.05) is 19.2 Å². The number of sulfonamides is 1. The van der Waals surface area contributed by atoms with Crippen molar-refractivity contribution < 1.29 is 12.8 Å². The molecule has 0 unspecified atom stereocenters. The van der Waals surface area contributed by atoms with Crippen LogP contribution >= 0.6 is 0 Å². The van der Waals surface area contributed by atoms with Gasteiger partial charge in [0.2, 0.25) is 0 Å². The van der Waals surface area contributed by atoms with E-state index in [-0.39, 0.29) is 10.5 Å². The Hall–Kier alpha value is -2.74. The highest BCUT2D eigenvalue weighted by atomic mass is 32.2. The third-order valence-corrected chi connectivity index (χ3v) is 5.55. The molecular weight excluding hydrogens is 330 g/mol. The van der Waals surface area contributed by atoms with Crippen LogP contribution < -0.4 is 15.4 Å². The number of anilines is 2. The van der Waals surface area contributed by atoms with Crippen LogP contribution in [0.25, 0.3) is 11.1 Å². The predicted octanol–water partition coefficient (Wildman–Crippen LogP) is 1.91. The summed E-state index contributed by atoms with van der Waals surface area (Å²) in [4.78, 5) is 15.8. The molecule has 0 atom stereocenters. The van der Waals surface area contributed by atoms with Crippen LogP contribution in [0.5, 0.6) is 0 Å². The average molecular weight is 345 g/mol. The maximum Gasteiger partial charge on any atom is 0.417 e. The lowest BCUT2D eigenvalue weighted by atomic mass is 10.1. The molecule has 7 nitrogen and oxygen atoms in total. The minimum absolute atomic E-state index is 0.0339. The van der Waals surface area contributed by atoms with Crippen LogP contribution in [0.1, 0.15) is 5.56 Å². The molecule has 2 N–H and O–H groups in total. The van der Waals surface area contributed by atoms with E-state index in [4.69, 9.17) is 4.42 Å². The van der Waals surface area contributed by atoms with Gasteiger partial charge in [0.15, 0.2) is 5.58 Å². The van der Waals surface area contributed by atoms with Gasteiger partial charge in [0.1, 0.15) is 0 Å². The smallest absolute Gasteiger partial charge is 0.408 e. The fourth-order valence-corrected chi connectivity index (χ4v) is 3.97. The average Bonchev–Trinajstić information content (AvgIpc) is 3.08. The first-order chi connectivity index (χ1) is 11.4. The number of likely N-dealkylation sites (N-methyl/N-ethyl adjacent to an activating group) is 1. The fourth-order valence-electron chi connectivity index (χ4n) is 2.91. The second kappa shape index (κ2) is 5.13. The van der Waals surface area contributed by atoms with E-state index in [2.05, 4.69) is 14.6 Å². The lowest BCUT2D eigenvalue weighted by Crippen LogP contribution is -2.14. The van der Waals surface area contributed by atoms with Gasteiger partial charge in [0.25, 0.3) is 10.0 Å². The summed E-state index contributed by atoms with van der Waals surface area (Å²) in [5.74, 6) is -0.617. The van der Waals surface area contributed by atoms with Crippen molar-refractivity contribution in [2.45, 2.75) is 11.3 Å². The molecule has 2 heterocycles. The molecule has 0 fully saturated rings. The van der Waals surface area contributed by atoms with Crippen molar-refractivity contribution in [1.29, 1.82) is 0 Å². The van der Waals surface area contributed by atoms with E-state index >= 15 is 0 Å². The Morgan fingerprint density at radius 1 is 1.21 bits per heavy atom. The molecule has 3 aromatic rings. The van der Waals surface area contributed by atoms with Crippen LogP contribution in [0.15, 0.2) is 50.5 Å². The summed E-state index contributed by atoms with van der Waals surface area (Å²) in [7, 11) is -1.80. The molecule has 8 heteroatoms. The molecule has 0 saturated carbocycles. The number of oxazole rings is 1. The molecule has 1 aliphatic rings. The Bertz CT molecular complexity index is 1100. The van der Waals surface area contributed by atoms with E-state index in [0.717, 1.165) is 18.7 Å². The summed E-state index contributed by atoms with van der Waals surface area (Å²) in [6.45, 7) is 0.925. The highest BCUT2D eigenvalue weighted by Gasteiger charge is 2.19. The molecular formula is C16H15N3O4S. The summed E-state index contributed by atoms with van der Waals surface area (Å²) in [6.07, 6.45) is 0.960. The standard InChI is InChI=1S/C16H15N3O4S/c1-19-7-6-10-2-3-11(8-14(10)19)18-24(21,22)12-4-5-13-15(9-12)23-16(20)17-13/h2-5,8-9,18H,6-7H2,1H3,(H,17,20). The number of nitrogens with zero attached hydrogens (tertiary/aromatic N) is 1. The van der Waals surface area contributed by atoms with Crippen molar-refractivity contribution in [3.63, 3.8) is 0 Å². The number of rotatable bonds is 3. The van der Waals surface area contributed by atoms with E-state index in [1.165, 1.54) is 23.8 Å². The number of aromatic nitrogens is 1. The maximum atomic E-state index is 12.6. The van der Waals surface area contributed by atoms with Gasteiger partial charge in [-0.1, -0.05) is 6.07 Å². The Kier molecular flexibility index (Phi) is 3.17. The second-order valence-corrected chi connectivity index (χ2v) is 7.48. The molecule has 0 saturated heterocycles. The van der Waals surface area contributed by atoms with Crippen molar-refractivity contribution in [3.05, 3.63) is 52.5 Å². The van der Waals surface area contributed by atoms with Crippen molar-refractivity contribution in [1.82, 2.24) is 4.98 Å². The van der Waals surface area contributed by atoms with Gasteiger partial charge in [-0.25, -0.2) is 13.2 Å². The number of aromatic amines is 1. The predicted molar refractivity (Wildman–Crippen MR) is 91.1 cm³/mol. The monoisotopic (exact) mass is 345 g/mol. The number of nitrogens with one attached hydrogen (secondary N) is 2. The number of H-pyrrole nitrogens is 1. The van der Waals surface area contributed by atoms with E-state index in [0.29, 0.717) is 11.2 Å². The molecule has 1 aliphatic heterocycles. The summed E-state index contributed by atoms with van der Waals surface area (Å²) < 4.78 is 32.6. The highest BCUT2D eigenvalue weighted by Crippen LogP contribution is 2.30. The Morgan fingerprint density at radius 3 is 2.88 bits per heavy atom. The van der Waals surface area contributed by atoms with Crippen LogP contribution in [-0.4, -0.2) is 27.0 Å². The van der Waals surface area contributed by atoms with Crippen molar-refractivity contribution in [3.8, 4) is 0 Å². The molecule has 0 bridgehead atoms. The molecule has 24 heavy (non-hydrogen) atoms. The van der Waals surface area contributed by atoms with Gasteiger partial charge < -0.3 is 9.32 Å². The zero-order valence-corrected chi connectivity index (χ0v) is 13.7. The number of hydrogen-bond donors (Lipinski definition) is 2. The highest BCUT2D eigenvalue weighted by molar-refractivity contribution is 7.92. The second-order valence-electron chi connectivity index (χ2n) is 5.79. The first-order valence-corrected chi connectivity index (χ1v) is 8.90. The van der Waals surface area contributed by atoms with Crippen molar-refractivity contribution in [2.75, 3.05) is 23.2 Å². The largest absolute Gasteiger partial charge is 0.417 e. The van der Waals surface area contributed by atoms with Gasteiger partial charge in [0.05, 0.1) is 16.1 Å². The quantitative estimate of drug-likeness (QED) is 0.756. The Morgan fingerprint density at radius 2 is 2.04 bits per heavy atom. The molecule has 1 aromatic heterocycles. The lowest BCUT2D eigenvalue weighted by Gasteiger charge is -2.14. The topological polar surface area (TPSA) is 95.4 Å². The van der Waals surface area contributed by atoms with E-state index < -0.39 is 15.8 Å². The third kappa shape index (κ3) is 2.44. The van der Waals surface area contributed by atoms with Crippen LogP contribution in [-0.2, 0) is 16.4 Å². The summed E-state index contributed by atoms with van der Waals surface area (Å²) >= 11 is 0. The zero-order valence-electron chi connectivity index (χ0n) is 12.9. The molecule has 0 spiro atoms. The van der Waals surface area contributed by atoms with Gasteiger partial charge >= 0.3 is 5.76 Å². The Labute approximate surface area is 138 Å². The van der Waals surface area contributed by atoms with Gasteiger partial charge in [-0.2, -0.15) is 0 Å². The molecule has 0 radical (unpaired) electrons. The summed E-state index contributed by atoms with van der Waals surface area (Å²) in [5, 5.41) is 0. The van der Waals surface area contributed by atoms with Gasteiger partial charge in [-0.05, 0) is 36.2 Å². The first kappa shape index (κ1) is 14.8. The molecule has 0 amide bonds. The van der Waals surface area contributed by atoms with Gasteiger partial charge in [-0.15, -0.1) is 0 Å². The minimum Gasteiger partial charge on any atom is -0.408 e. The minimum atomic E-state index is -3.77. The number of hydrogen-bond acceptors (Lipinski definition) is 5. The normalized spacial score (nSPS) is 14.1. The summed E-state index contributed by atoms with van der Waals surface area (Å²) in [6, 6.07) is 9.78. The zero-order chi connectivity index (χ0) is 16.9. The van der Waals surface area contributed by atoms with Crippen molar-refractivity contribution >= 4 is 32.5 Å². The van der Waals surface area contributed by atoms with Crippen LogP contribution in [0, 0.1) is 0 Å². The maximum absolute atomic E-state index is 12.6. The number of fused-ring (bicyclic) bond motifs is 2. The Balaban J connectivity index is 1.69. The molecule has 0 aliphatic carbocycles. The van der Waals surface area contributed by atoms with Crippen LogP contribution in [0.2, 0.25) is 0 Å². The first-order valence-electron chi connectivity index (χ1n) is 7.42. The van der Waals surface area contributed by atoms with Gasteiger partial charge in [0, 0.05) is 25.3 Å².